The number of piperidine rings is 3. The molecule has 4 aromatic rings. The van der Waals surface area contributed by atoms with E-state index in [1.165, 1.54) is 12.3 Å². The number of anilines is 1. The van der Waals surface area contributed by atoms with Crippen molar-refractivity contribution in [2.75, 3.05) is 44.6 Å². The van der Waals surface area contributed by atoms with Gasteiger partial charge in [-0.3, -0.25) is 9.69 Å². The summed E-state index contributed by atoms with van der Waals surface area (Å²) in [6.07, 6.45) is 5.84. The second-order valence-electron chi connectivity index (χ2n) is 14.2. The number of rotatable bonds is 16. The zero-order chi connectivity index (χ0) is 38.1. The zero-order valence-electron chi connectivity index (χ0n) is 30.5. The van der Waals surface area contributed by atoms with Gasteiger partial charge in [0, 0.05) is 25.2 Å². The fourth-order valence-corrected chi connectivity index (χ4v) is 7.39. The van der Waals surface area contributed by atoms with Crippen LogP contribution in [0.5, 0.6) is 11.5 Å². The maximum Gasteiger partial charge on any atom is 0.408 e. The van der Waals surface area contributed by atoms with Crippen molar-refractivity contribution in [3.05, 3.63) is 113 Å². The molecule has 3 saturated heterocycles. The average Bonchev–Trinajstić information content (AvgIpc) is 3.69. The first-order valence-corrected chi connectivity index (χ1v) is 18.9. The van der Waals surface area contributed by atoms with E-state index in [9.17, 15) is 24.9 Å². The number of amides is 2. The molecule has 7 N–H and O–H groups in total. The van der Waals surface area contributed by atoms with Crippen LogP contribution < -0.4 is 26.0 Å². The van der Waals surface area contributed by atoms with Crippen LogP contribution in [0, 0.1) is 5.92 Å². The third-order valence-electron chi connectivity index (χ3n) is 10.3. The summed E-state index contributed by atoms with van der Waals surface area (Å²) in [5.41, 5.74) is 3.54. The van der Waals surface area contributed by atoms with Gasteiger partial charge < -0.3 is 50.5 Å². The van der Waals surface area contributed by atoms with E-state index in [4.69, 9.17) is 13.9 Å². The Morgan fingerprint density at radius 2 is 1.82 bits per heavy atom. The van der Waals surface area contributed by atoms with E-state index in [1.807, 2.05) is 54.6 Å². The molecule has 0 saturated carbocycles. The molecule has 5 heterocycles. The van der Waals surface area contributed by atoms with Crippen molar-refractivity contribution in [2.24, 2.45) is 5.92 Å². The summed E-state index contributed by atoms with van der Waals surface area (Å²) in [5.74, 6) is 0.848. The highest BCUT2D eigenvalue weighted by molar-refractivity contribution is 5.91. The number of ether oxygens (including phenoxy) is 2. The molecule has 55 heavy (non-hydrogen) atoms. The van der Waals surface area contributed by atoms with Crippen LogP contribution in [-0.2, 0) is 11.3 Å². The number of hydrogen-bond donors (Lipinski definition) is 7. The number of fused-ring (bicyclic) bond motifs is 4. The second-order valence-corrected chi connectivity index (χ2v) is 14.2. The van der Waals surface area contributed by atoms with Gasteiger partial charge in [0.25, 0.3) is 5.91 Å². The Morgan fingerprint density at radius 3 is 2.62 bits per heavy atom. The van der Waals surface area contributed by atoms with Gasteiger partial charge >= 0.3 is 6.09 Å². The number of unbranched alkanes of at least 4 members (excludes halogenated alkanes) is 1. The highest BCUT2D eigenvalue weighted by atomic mass is 16.6. The third kappa shape index (κ3) is 9.64. The number of nitrogens with zero attached hydrogens (tertiary/aromatic N) is 2. The monoisotopic (exact) mass is 752 g/mol. The van der Waals surface area contributed by atoms with Gasteiger partial charge in [0.1, 0.15) is 30.1 Å². The third-order valence-corrected chi connectivity index (χ3v) is 10.3. The number of carbonyl (C=O) groups excluding carboxylic acids is 2. The molecule has 8 rings (SSSR count). The maximum absolute atomic E-state index is 13.2. The lowest BCUT2D eigenvalue weighted by Crippen LogP contribution is -2.52. The number of nitrogens with one attached hydrogen (secondary N) is 4. The molecule has 3 aromatic carbocycles. The van der Waals surface area contributed by atoms with Gasteiger partial charge in [-0.1, -0.05) is 54.6 Å². The number of alkyl carbamates (subject to hydrolysis) is 1. The SMILES string of the molecule is O=C(N[C@@H](c1ccccc1)c1cccc(OCc2nc(C(=O)NCCCCNC[C@H](O)c3ccc(O)c4c3C=CC(O)N4)co2)c1)O[C@H]1CN2CCC1CC2. The lowest BCUT2D eigenvalue weighted by molar-refractivity contribution is -0.0336. The predicted molar refractivity (Wildman–Crippen MR) is 204 cm³/mol. The Kier molecular flexibility index (Phi) is 12.3. The number of aliphatic hydroxyl groups excluding tert-OH is 2. The van der Waals surface area contributed by atoms with Gasteiger partial charge in [-0.15, -0.1) is 0 Å². The van der Waals surface area contributed by atoms with Crippen LogP contribution in [0.15, 0.2) is 83.5 Å². The second kappa shape index (κ2) is 17.8. The van der Waals surface area contributed by atoms with Crippen LogP contribution in [0.25, 0.3) is 6.08 Å². The molecule has 2 bridgehead atoms. The minimum absolute atomic E-state index is 0.000991. The summed E-state index contributed by atoms with van der Waals surface area (Å²) in [4.78, 5) is 32.6. The number of oxazole rings is 1. The summed E-state index contributed by atoms with van der Waals surface area (Å²) < 4.78 is 17.5. The molecule has 14 nitrogen and oxygen atoms in total. The Balaban J connectivity index is 0.843. The number of benzene rings is 3. The molecule has 0 aliphatic carbocycles. The minimum atomic E-state index is -0.901. The fourth-order valence-electron chi connectivity index (χ4n) is 7.39. The Labute approximate surface area is 319 Å². The molecule has 1 aromatic heterocycles. The normalized spacial score (nSPS) is 20.8. The molecule has 14 heteroatoms. The van der Waals surface area contributed by atoms with Crippen molar-refractivity contribution >= 4 is 23.8 Å². The summed E-state index contributed by atoms with van der Waals surface area (Å²) in [7, 11) is 0. The van der Waals surface area contributed by atoms with E-state index in [0.29, 0.717) is 54.5 Å². The van der Waals surface area contributed by atoms with E-state index < -0.39 is 24.5 Å². The number of phenolic OH excluding ortho intramolecular Hbond substituents is 1. The standard InChI is InChI=1S/C41H48N6O8/c48-33-13-11-30(31-12-14-36(50)45-39(31)33)34(49)22-42-17-4-5-18-43-40(51)32-24-54-37(44-32)25-53-29-10-6-9-28(21-29)38(27-7-2-1-3-8-27)46-41(52)55-35-23-47-19-15-26(35)16-20-47/h1-3,6-14,21,24,26,34-36,38,42,45,48-50H,4-5,15-20,22-23,25H2,(H,43,51)(H,46,52)/t34-,35-,36?,38-/m0/s1. The smallest absolute Gasteiger partial charge is 0.408 e. The first-order chi connectivity index (χ1) is 26.8. The molecule has 0 spiro atoms. The lowest BCUT2D eigenvalue weighted by Gasteiger charge is -2.43. The predicted octanol–water partition coefficient (Wildman–Crippen LogP) is 4.46. The highest BCUT2D eigenvalue weighted by Gasteiger charge is 2.37. The van der Waals surface area contributed by atoms with Gasteiger partial charge in [0.05, 0.1) is 17.8 Å². The van der Waals surface area contributed by atoms with E-state index in [1.54, 1.807) is 18.2 Å². The first-order valence-electron chi connectivity index (χ1n) is 18.9. The van der Waals surface area contributed by atoms with Crippen molar-refractivity contribution in [1.82, 2.24) is 25.8 Å². The summed E-state index contributed by atoms with van der Waals surface area (Å²) in [6, 6.07) is 19.9. The van der Waals surface area contributed by atoms with Gasteiger partial charge in [-0.25, -0.2) is 9.78 Å². The molecular formula is C41H48N6O8. The molecule has 4 atom stereocenters. The van der Waals surface area contributed by atoms with Crippen LogP contribution >= 0.6 is 0 Å². The molecule has 3 fully saturated rings. The highest BCUT2D eigenvalue weighted by Crippen LogP contribution is 2.37. The summed E-state index contributed by atoms with van der Waals surface area (Å²) in [5, 5.41) is 42.6. The van der Waals surface area contributed by atoms with Crippen molar-refractivity contribution < 1.29 is 38.8 Å². The molecule has 0 radical (unpaired) electrons. The fraction of sp³-hybridized carbons (Fsp3) is 0.390. The number of phenols is 1. The van der Waals surface area contributed by atoms with Crippen molar-refractivity contribution in [3.8, 4) is 11.5 Å². The van der Waals surface area contributed by atoms with E-state index in [0.717, 1.165) is 50.0 Å². The molecule has 1 unspecified atom stereocenters. The average molecular weight is 753 g/mol. The van der Waals surface area contributed by atoms with Crippen molar-refractivity contribution in [2.45, 2.75) is 56.8 Å². The largest absolute Gasteiger partial charge is 0.506 e. The topological polar surface area (TPSA) is 191 Å². The Morgan fingerprint density at radius 1 is 1.02 bits per heavy atom. The number of hydrogen-bond acceptors (Lipinski definition) is 12. The van der Waals surface area contributed by atoms with Crippen molar-refractivity contribution in [1.29, 1.82) is 0 Å². The quantitative estimate of drug-likeness (QED) is 0.0630. The van der Waals surface area contributed by atoms with Crippen LogP contribution in [-0.4, -0.2) is 88.8 Å². The Hall–Kier alpha value is -5.41. The lowest BCUT2D eigenvalue weighted by atomic mass is 9.86. The molecule has 2 amide bonds. The van der Waals surface area contributed by atoms with E-state index in [-0.39, 0.29) is 36.0 Å². The van der Waals surface area contributed by atoms with Gasteiger partial charge in [0.2, 0.25) is 5.89 Å². The first kappa shape index (κ1) is 37.9. The van der Waals surface area contributed by atoms with Gasteiger partial charge in [0.15, 0.2) is 12.3 Å². The van der Waals surface area contributed by atoms with Crippen LogP contribution in [0.2, 0.25) is 0 Å². The maximum atomic E-state index is 13.2. The minimum Gasteiger partial charge on any atom is -0.506 e. The molecule has 290 valence electrons. The summed E-state index contributed by atoms with van der Waals surface area (Å²) >= 11 is 0. The number of aromatic hydroxyl groups is 1. The molecule has 4 aliphatic heterocycles. The van der Waals surface area contributed by atoms with E-state index in [2.05, 4.69) is 31.2 Å². The van der Waals surface area contributed by atoms with Gasteiger partial charge in [-0.2, -0.15) is 0 Å². The van der Waals surface area contributed by atoms with Crippen LogP contribution in [0.3, 0.4) is 0 Å². The van der Waals surface area contributed by atoms with E-state index >= 15 is 0 Å². The number of aliphatic hydroxyl groups is 2. The van der Waals surface area contributed by atoms with Gasteiger partial charge in [-0.05, 0) is 92.2 Å². The van der Waals surface area contributed by atoms with Crippen LogP contribution in [0.1, 0.15) is 76.5 Å². The summed E-state index contributed by atoms with van der Waals surface area (Å²) in [6.45, 7) is 4.27. The van der Waals surface area contributed by atoms with Crippen molar-refractivity contribution in [3.63, 3.8) is 0 Å². The molecular weight excluding hydrogens is 704 g/mol. The number of aromatic nitrogens is 1. The number of carbonyl (C=O) groups is 2. The Bertz CT molecular complexity index is 1950. The zero-order valence-corrected chi connectivity index (χ0v) is 30.5. The van der Waals surface area contributed by atoms with Crippen LogP contribution in [0.4, 0.5) is 10.5 Å². The molecule has 4 aliphatic rings.